The van der Waals surface area contributed by atoms with Crippen LogP contribution in [0.4, 0.5) is 0 Å². The molecule has 0 aliphatic rings. The van der Waals surface area contributed by atoms with Crippen molar-refractivity contribution in [3.8, 4) is 0 Å². The van der Waals surface area contributed by atoms with Crippen LogP contribution >= 0.6 is 0 Å². The Kier molecular flexibility index (Phi) is 14.7. The van der Waals surface area contributed by atoms with Crippen LogP contribution in [-0.2, 0) is 31.8 Å². The van der Waals surface area contributed by atoms with Crippen LogP contribution in [0.25, 0.3) is 0 Å². The van der Waals surface area contributed by atoms with Gasteiger partial charge in [0.05, 0.1) is 0 Å². The minimum atomic E-state index is -4.61. The fraction of sp³-hybridized carbons (Fsp3) is 0. The van der Waals surface area contributed by atoms with Crippen LogP contribution in [-0.4, -0.2) is 69.6 Å². The summed E-state index contributed by atoms with van der Waals surface area (Å²) in [5.74, 6) is 0. The Morgan fingerprint density at radius 3 is 1.50 bits per heavy atom. The van der Waals surface area contributed by atoms with E-state index in [9.17, 15) is 0 Å². The first-order valence-corrected chi connectivity index (χ1v) is 2.23. The van der Waals surface area contributed by atoms with Crippen molar-refractivity contribution < 1.29 is 39.6 Å². The molecule has 0 aliphatic heterocycles. The van der Waals surface area contributed by atoms with Crippen molar-refractivity contribution in [2.24, 2.45) is 0 Å². The Bertz CT molecular complexity index is 114. The van der Waals surface area contributed by atoms with E-state index in [1.54, 1.807) is 0 Å². The summed E-state index contributed by atoms with van der Waals surface area (Å²) in [6.45, 7) is 0. The van der Waals surface area contributed by atoms with E-state index in [1.165, 1.54) is 0 Å². The van der Waals surface area contributed by atoms with E-state index < -0.39 is 10.4 Å². The average molecular weight is 210 g/mol. The Labute approximate surface area is 99.6 Å². The maximum atomic E-state index is 9.08. The first-order valence-electron chi connectivity index (χ1n) is 0.865. The van der Waals surface area contributed by atoms with Gasteiger partial charge in [-0.15, -0.1) is 0 Å². The predicted octanol–water partition coefficient (Wildman–Crippen LogP) is -1.37. The summed E-state index contributed by atoms with van der Waals surface area (Å²) in [6, 6.07) is 0. The van der Waals surface area contributed by atoms with Gasteiger partial charge >= 0.3 is 61.8 Å². The van der Waals surface area contributed by atoms with E-state index in [2.05, 4.69) is 4.33 Å². The van der Waals surface area contributed by atoms with Gasteiger partial charge in [-0.3, -0.25) is 4.55 Å². The first-order chi connectivity index (χ1) is 2.56. The Balaban J connectivity index is -0.000000125. The molecule has 0 radical (unpaired) electrons. The van der Waals surface area contributed by atoms with Crippen molar-refractivity contribution in [2.75, 3.05) is 0 Å². The van der Waals surface area contributed by atoms with E-state index in [1.807, 2.05) is 0 Å². The second kappa shape index (κ2) is 7.10. The molecule has 0 saturated heterocycles. The molecular formula is H3FeKO5S. The van der Waals surface area contributed by atoms with Gasteiger partial charge in [-0.2, -0.15) is 8.42 Å². The van der Waals surface area contributed by atoms with Gasteiger partial charge in [0.2, 0.25) is 0 Å². The molecule has 0 aromatic carbocycles. The molecule has 0 amide bonds. The van der Waals surface area contributed by atoms with E-state index in [0.717, 1.165) is 0 Å². The standard InChI is InChI=1S/Fe.K.H2O5S.H/c;;1-5-6(2,3)4;/h;;1H,(H,2,3,4);. The summed E-state index contributed by atoms with van der Waals surface area (Å²) >= 11 is 0. The molecule has 0 rings (SSSR count). The molecule has 0 aliphatic carbocycles. The quantitative estimate of drug-likeness (QED) is 0.241. The summed E-state index contributed by atoms with van der Waals surface area (Å²) in [5.41, 5.74) is 0. The second-order valence-electron chi connectivity index (χ2n) is 0.502. The zero-order valence-electron chi connectivity index (χ0n) is 2.88. The Morgan fingerprint density at radius 2 is 1.50 bits per heavy atom. The minimum absolute atomic E-state index is 0. The van der Waals surface area contributed by atoms with E-state index in [-0.39, 0.29) is 68.5 Å². The molecule has 48 valence electrons. The van der Waals surface area contributed by atoms with Gasteiger partial charge in [-0.25, -0.2) is 5.26 Å². The third-order valence-corrected chi connectivity index (χ3v) is 0.283. The topological polar surface area (TPSA) is 83.8 Å². The molecule has 8 heavy (non-hydrogen) atoms. The van der Waals surface area contributed by atoms with Crippen LogP contribution in [0.3, 0.4) is 0 Å². The molecule has 8 heteroatoms. The zero-order chi connectivity index (χ0) is 5.21. The van der Waals surface area contributed by atoms with Gasteiger partial charge in [0.15, 0.2) is 0 Å². The van der Waals surface area contributed by atoms with Crippen LogP contribution in [0.15, 0.2) is 0 Å². The van der Waals surface area contributed by atoms with Crippen molar-refractivity contribution in [1.82, 2.24) is 0 Å². The van der Waals surface area contributed by atoms with Gasteiger partial charge in [-0.1, -0.05) is 4.33 Å². The fourth-order valence-corrected chi connectivity index (χ4v) is 0. The van der Waals surface area contributed by atoms with Crippen LogP contribution in [0.1, 0.15) is 0 Å². The molecule has 0 spiro atoms. The summed E-state index contributed by atoms with van der Waals surface area (Å²) in [4.78, 5) is 0. The predicted molar refractivity (Wildman–Crippen MR) is 22.4 cm³/mol. The monoisotopic (exact) mass is 210 g/mol. The molecule has 0 aromatic heterocycles. The zero-order valence-corrected chi connectivity index (χ0v) is 4.80. The molecule has 0 saturated carbocycles. The summed E-state index contributed by atoms with van der Waals surface area (Å²) < 4.78 is 28.0. The molecule has 0 atom stereocenters. The van der Waals surface area contributed by atoms with Crippen molar-refractivity contribution in [1.29, 1.82) is 0 Å². The van der Waals surface area contributed by atoms with Crippen LogP contribution in [0, 0.1) is 0 Å². The van der Waals surface area contributed by atoms with Gasteiger partial charge in [-0.05, 0) is 0 Å². The van der Waals surface area contributed by atoms with Gasteiger partial charge in [0.25, 0.3) is 0 Å². The SMILES string of the molecule is O=S(=O)(O)OO.[Fe].[KH]. The average Bonchev–Trinajstić information content (AvgIpc) is 1.35. The van der Waals surface area contributed by atoms with Crippen LogP contribution in [0.2, 0.25) is 0 Å². The van der Waals surface area contributed by atoms with E-state index in [0.29, 0.717) is 0 Å². The second-order valence-corrected chi connectivity index (χ2v) is 1.51. The van der Waals surface area contributed by atoms with Gasteiger partial charge in [0.1, 0.15) is 0 Å². The molecule has 5 nitrogen and oxygen atoms in total. The number of hydrogen-bond donors (Lipinski definition) is 2. The third-order valence-electron chi connectivity index (χ3n) is 0.0942. The molecular weight excluding hydrogens is 207 g/mol. The molecule has 0 bridgehead atoms. The number of rotatable bonds is 1. The summed E-state index contributed by atoms with van der Waals surface area (Å²) in [7, 11) is -4.61. The van der Waals surface area contributed by atoms with E-state index in [4.69, 9.17) is 18.2 Å². The number of hydrogen-bond acceptors (Lipinski definition) is 4. The van der Waals surface area contributed by atoms with Crippen molar-refractivity contribution in [2.45, 2.75) is 0 Å². The van der Waals surface area contributed by atoms with E-state index >= 15 is 0 Å². The van der Waals surface area contributed by atoms with Gasteiger partial charge in [0, 0.05) is 17.1 Å². The third kappa shape index (κ3) is 15.7. The molecule has 0 heterocycles. The van der Waals surface area contributed by atoms with Crippen molar-refractivity contribution in [3.05, 3.63) is 0 Å². The fourth-order valence-electron chi connectivity index (χ4n) is 0. The maximum absolute atomic E-state index is 9.08. The van der Waals surface area contributed by atoms with Gasteiger partial charge < -0.3 is 0 Å². The normalized spacial score (nSPS) is 8.75. The molecule has 0 fully saturated rings. The van der Waals surface area contributed by atoms with Crippen molar-refractivity contribution in [3.63, 3.8) is 0 Å². The van der Waals surface area contributed by atoms with Crippen molar-refractivity contribution >= 4 is 61.8 Å². The van der Waals surface area contributed by atoms with Crippen LogP contribution in [0.5, 0.6) is 0 Å². The summed E-state index contributed by atoms with van der Waals surface area (Å²) in [6.07, 6.45) is 0. The molecule has 0 aromatic rings. The Hall–Kier alpha value is 1.99. The first kappa shape index (κ1) is 16.5. The summed E-state index contributed by atoms with van der Waals surface area (Å²) in [5, 5.41) is 7.06. The van der Waals surface area contributed by atoms with Crippen LogP contribution < -0.4 is 0 Å². The molecule has 2 N–H and O–H groups in total. The Morgan fingerprint density at radius 1 is 1.38 bits per heavy atom. The molecule has 0 unspecified atom stereocenters.